The molecule has 0 unspecified atom stereocenters. The first-order valence-electron chi connectivity index (χ1n) is 8.26. The zero-order valence-corrected chi connectivity index (χ0v) is 16.0. The van der Waals surface area contributed by atoms with Gasteiger partial charge in [-0.2, -0.15) is 0 Å². The van der Waals surface area contributed by atoms with Crippen molar-refractivity contribution in [2.45, 2.75) is 0 Å². The number of hydrogen-bond acceptors (Lipinski definition) is 6. The Balaban J connectivity index is 1.44. The molecule has 6 nitrogen and oxygen atoms in total. The van der Waals surface area contributed by atoms with Crippen molar-refractivity contribution in [1.82, 2.24) is 10.3 Å². The molecule has 4 rings (SSSR count). The summed E-state index contributed by atoms with van der Waals surface area (Å²) in [6, 6.07) is 16.5. The Morgan fingerprint density at radius 1 is 1.04 bits per heavy atom. The van der Waals surface area contributed by atoms with E-state index in [0.717, 1.165) is 28.6 Å². The van der Waals surface area contributed by atoms with E-state index in [0.29, 0.717) is 15.6 Å². The molecule has 1 fully saturated rings. The summed E-state index contributed by atoms with van der Waals surface area (Å²) in [5.41, 5.74) is 3.00. The van der Waals surface area contributed by atoms with E-state index in [1.54, 1.807) is 30.3 Å². The van der Waals surface area contributed by atoms with Crippen LogP contribution in [0.25, 0.3) is 17.3 Å². The molecule has 1 aromatic heterocycles. The first kappa shape index (κ1) is 18.1. The van der Waals surface area contributed by atoms with Crippen molar-refractivity contribution >= 4 is 51.4 Å². The average Bonchev–Trinajstić information content (AvgIpc) is 3.29. The first-order chi connectivity index (χ1) is 13.6. The third-order valence-electron chi connectivity index (χ3n) is 3.91. The van der Waals surface area contributed by atoms with Crippen LogP contribution in [0.1, 0.15) is 15.9 Å². The minimum atomic E-state index is -0.408. The fourth-order valence-electron chi connectivity index (χ4n) is 2.55. The van der Waals surface area contributed by atoms with Gasteiger partial charge in [-0.25, -0.2) is 4.98 Å². The van der Waals surface area contributed by atoms with Crippen molar-refractivity contribution in [1.29, 1.82) is 0 Å². The third kappa shape index (κ3) is 4.03. The lowest BCUT2D eigenvalue weighted by Crippen LogP contribution is -2.17. The molecule has 1 saturated heterocycles. The molecular formula is C20H13N3O3S2. The van der Waals surface area contributed by atoms with E-state index >= 15 is 0 Å². The van der Waals surface area contributed by atoms with Gasteiger partial charge in [-0.05, 0) is 35.5 Å². The van der Waals surface area contributed by atoms with Gasteiger partial charge in [0.1, 0.15) is 0 Å². The molecule has 0 saturated carbocycles. The van der Waals surface area contributed by atoms with Crippen molar-refractivity contribution in [2.75, 3.05) is 5.32 Å². The topological polar surface area (TPSA) is 88.2 Å². The summed E-state index contributed by atoms with van der Waals surface area (Å²) in [4.78, 5) is 40.0. The number of carbonyl (C=O) groups excluding carboxylic acids is 3. The summed E-state index contributed by atoms with van der Waals surface area (Å²) < 4.78 is 0. The van der Waals surface area contributed by atoms with Crippen LogP contribution in [-0.4, -0.2) is 22.0 Å². The van der Waals surface area contributed by atoms with E-state index in [4.69, 9.17) is 0 Å². The van der Waals surface area contributed by atoms with E-state index in [2.05, 4.69) is 15.6 Å². The minimum Gasteiger partial charge on any atom is -0.298 e. The summed E-state index contributed by atoms with van der Waals surface area (Å²) >= 11 is 2.22. The monoisotopic (exact) mass is 407 g/mol. The van der Waals surface area contributed by atoms with Crippen LogP contribution in [0.15, 0.2) is 64.9 Å². The van der Waals surface area contributed by atoms with E-state index in [1.165, 1.54) is 11.3 Å². The summed E-state index contributed by atoms with van der Waals surface area (Å²) in [6.45, 7) is 0. The highest BCUT2D eigenvalue weighted by molar-refractivity contribution is 8.18. The quantitative estimate of drug-likeness (QED) is 0.627. The normalized spacial score (nSPS) is 14.9. The van der Waals surface area contributed by atoms with Gasteiger partial charge in [-0.3, -0.25) is 25.0 Å². The highest BCUT2D eigenvalue weighted by Gasteiger charge is 2.24. The number of amides is 3. The zero-order chi connectivity index (χ0) is 19.5. The Labute approximate surface area is 168 Å². The maximum atomic E-state index is 12.4. The maximum Gasteiger partial charge on any atom is 0.290 e. The lowest BCUT2D eigenvalue weighted by Gasteiger charge is -2.02. The number of imide groups is 1. The molecule has 2 aromatic carbocycles. The summed E-state index contributed by atoms with van der Waals surface area (Å²) in [5, 5.41) is 7.03. The molecule has 0 radical (unpaired) electrons. The van der Waals surface area contributed by atoms with Crippen molar-refractivity contribution in [3.8, 4) is 11.3 Å². The second kappa shape index (κ2) is 7.79. The number of rotatable bonds is 4. The predicted molar refractivity (Wildman–Crippen MR) is 111 cm³/mol. The van der Waals surface area contributed by atoms with E-state index < -0.39 is 5.91 Å². The Morgan fingerprint density at radius 3 is 2.46 bits per heavy atom. The SMILES string of the molecule is O=C1NC(=O)/C(=C/c2ccc(C(=O)Nc3nc(-c4ccccc4)cs3)cc2)S1. The molecule has 8 heteroatoms. The van der Waals surface area contributed by atoms with Crippen LogP contribution >= 0.6 is 23.1 Å². The number of benzene rings is 2. The van der Waals surface area contributed by atoms with Crippen molar-refractivity contribution in [3.63, 3.8) is 0 Å². The highest BCUT2D eigenvalue weighted by atomic mass is 32.2. The van der Waals surface area contributed by atoms with Crippen molar-refractivity contribution < 1.29 is 14.4 Å². The molecule has 3 amide bonds. The second-order valence-electron chi connectivity index (χ2n) is 5.83. The average molecular weight is 407 g/mol. The van der Waals surface area contributed by atoms with Gasteiger partial charge in [0.2, 0.25) is 0 Å². The van der Waals surface area contributed by atoms with E-state index in [9.17, 15) is 14.4 Å². The molecule has 1 aliphatic heterocycles. The number of thiazole rings is 1. The fraction of sp³-hybridized carbons (Fsp3) is 0. The highest BCUT2D eigenvalue weighted by Crippen LogP contribution is 2.26. The predicted octanol–water partition coefficient (Wildman–Crippen LogP) is 4.39. The first-order valence-corrected chi connectivity index (χ1v) is 9.95. The fourth-order valence-corrected chi connectivity index (χ4v) is 3.94. The second-order valence-corrected chi connectivity index (χ2v) is 7.71. The number of anilines is 1. The smallest absolute Gasteiger partial charge is 0.290 e. The number of nitrogens with zero attached hydrogens (tertiary/aromatic N) is 1. The summed E-state index contributed by atoms with van der Waals surface area (Å²) in [6.07, 6.45) is 1.61. The molecule has 28 heavy (non-hydrogen) atoms. The third-order valence-corrected chi connectivity index (χ3v) is 5.48. The van der Waals surface area contributed by atoms with Gasteiger partial charge in [0.25, 0.3) is 17.1 Å². The Bertz CT molecular complexity index is 1090. The van der Waals surface area contributed by atoms with Gasteiger partial charge in [-0.15, -0.1) is 11.3 Å². The van der Waals surface area contributed by atoms with Crippen LogP contribution in [0, 0.1) is 0 Å². The molecule has 2 N–H and O–H groups in total. The molecule has 0 bridgehead atoms. The van der Waals surface area contributed by atoms with Crippen LogP contribution in [0.5, 0.6) is 0 Å². The Hall–Kier alpha value is -3.23. The van der Waals surface area contributed by atoms with Crippen LogP contribution in [0.3, 0.4) is 0 Å². The van der Waals surface area contributed by atoms with E-state index in [1.807, 2.05) is 35.7 Å². The van der Waals surface area contributed by atoms with Crippen molar-refractivity contribution in [2.24, 2.45) is 0 Å². The van der Waals surface area contributed by atoms with Gasteiger partial charge in [0.15, 0.2) is 5.13 Å². The van der Waals surface area contributed by atoms with Crippen LogP contribution in [0.2, 0.25) is 0 Å². The van der Waals surface area contributed by atoms with Crippen LogP contribution < -0.4 is 10.6 Å². The van der Waals surface area contributed by atoms with Gasteiger partial charge >= 0.3 is 0 Å². The number of carbonyl (C=O) groups is 3. The molecule has 1 aliphatic rings. The lowest BCUT2D eigenvalue weighted by atomic mass is 10.1. The minimum absolute atomic E-state index is 0.267. The van der Waals surface area contributed by atoms with E-state index in [-0.39, 0.29) is 11.1 Å². The lowest BCUT2D eigenvalue weighted by molar-refractivity contribution is -0.115. The molecule has 138 valence electrons. The van der Waals surface area contributed by atoms with Crippen LogP contribution in [0.4, 0.5) is 9.93 Å². The van der Waals surface area contributed by atoms with Gasteiger partial charge in [0.05, 0.1) is 10.6 Å². The Kier molecular flexibility index (Phi) is 5.05. The maximum absolute atomic E-state index is 12.4. The van der Waals surface area contributed by atoms with Crippen molar-refractivity contribution in [3.05, 3.63) is 76.0 Å². The summed E-state index contributed by atoms with van der Waals surface area (Å²) in [7, 11) is 0. The van der Waals surface area contributed by atoms with Gasteiger partial charge in [0, 0.05) is 16.5 Å². The van der Waals surface area contributed by atoms with Gasteiger partial charge in [-0.1, -0.05) is 42.5 Å². The molecule has 0 spiro atoms. The molecule has 3 aromatic rings. The van der Waals surface area contributed by atoms with Gasteiger partial charge < -0.3 is 0 Å². The molecular weight excluding hydrogens is 394 g/mol. The number of nitrogens with one attached hydrogen (secondary N) is 2. The zero-order valence-electron chi connectivity index (χ0n) is 14.3. The number of thioether (sulfide) groups is 1. The number of hydrogen-bond donors (Lipinski definition) is 2. The molecule has 0 aliphatic carbocycles. The standard InChI is InChI=1S/C20H13N3O3S2/c24-17(22-19-21-15(11-27-19)13-4-2-1-3-5-13)14-8-6-12(7-9-14)10-16-18(25)23-20(26)28-16/h1-11H,(H,21,22,24)(H,23,25,26)/b16-10-. The summed E-state index contributed by atoms with van der Waals surface area (Å²) in [5.74, 6) is -0.675. The van der Waals surface area contributed by atoms with Crippen LogP contribution in [-0.2, 0) is 4.79 Å². The largest absolute Gasteiger partial charge is 0.298 e. The number of aromatic nitrogens is 1. The Morgan fingerprint density at radius 2 is 1.79 bits per heavy atom. The molecule has 0 atom stereocenters. The molecule has 2 heterocycles.